The lowest BCUT2D eigenvalue weighted by Crippen LogP contribution is -1.81. The average Bonchev–Trinajstić information content (AvgIpc) is 2.86. The van der Waals surface area contributed by atoms with E-state index in [-0.39, 0.29) is 0 Å². The summed E-state index contributed by atoms with van der Waals surface area (Å²) in [6.45, 7) is 0. The van der Waals surface area contributed by atoms with Gasteiger partial charge in [0.1, 0.15) is 5.69 Å². The summed E-state index contributed by atoms with van der Waals surface area (Å²) in [6, 6.07) is 0. The van der Waals surface area contributed by atoms with Crippen LogP contribution in [0.5, 0.6) is 0 Å². The largest absolute Gasteiger partial charge is 0.260 e. The minimum absolute atomic E-state index is 0.636. The van der Waals surface area contributed by atoms with E-state index in [9.17, 15) is 0 Å². The third-order valence-electron chi connectivity index (χ3n) is 1.54. The molecule has 0 radical (unpaired) electrons. The smallest absolute Gasteiger partial charge is 0.131 e. The summed E-state index contributed by atoms with van der Waals surface area (Å²) < 4.78 is 0. The summed E-state index contributed by atoms with van der Waals surface area (Å²) in [6.07, 6.45) is 7.52. The number of aromatic nitrogens is 2. The van der Waals surface area contributed by atoms with E-state index in [1.54, 1.807) is 18.6 Å². The van der Waals surface area contributed by atoms with Gasteiger partial charge in [-0.25, -0.2) is 4.98 Å². The Morgan fingerprint density at radius 1 is 1.36 bits per heavy atom. The Kier molecular flexibility index (Phi) is 1.57. The Balaban J connectivity index is 2.12. The van der Waals surface area contributed by atoms with Crippen molar-refractivity contribution in [2.75, 3.05) is 0 Å². The molecule has 0 bridgehead atoms. The van der Waals surface area contributed by atoms with Gasteiger partial charge in [-0.2, -0.15) is 0 Å². The molecule has 1 fully saturated rings. The van der Waals surface area contributed by atoms with Gasteiger partial charge < -0.3 is 0 Å². The second kappa shape index (κ2) is 2.71. The highest BCUT2D eigenvalue weighted by Gasteiger charge is 2.17. The number of hydrogen-bond acceptors (Lipinski definition) is 2. The second-order valence-corrected chi connectivity index (χ2v) is 2.63. The topological polar surface area (TPSA) is 25.8 Å². The zero-order valence-electron chi connectivity index (χ0n) is 6.12. The van der Waals surface area contributed by atoms with Gasteiger partial charge in [-0.05, 0) is 18.8 Å². The van der Waals surface area contributed by atoms with E-state index in [0.29, 0.717) is 5.92 Å². The average molecular weight is 144 g/mol. The SMILES string of the molecule is C(#CC1CC1)c1cnccn1. The molecular weight excluding hydrogens is 136 g/mol. The minimum atomic E-state index is 0.636. The van der Waals surface area contributed by atoms with Crippen molar-refractivity contribution in [3.63, 3.8) is 0 Å². The van der Waals surface area contributed by atoms with Crippen molar-refractivity contribution in [3.05, 3.63) is 24.3 Å². The molecule has 11 heavy (non-hydrogen) atoms. The molecule has 1 saturated carbocycles. The lowest BCUT2D eigenvalue weighted by atomic mass is 10.4. The third-order valence-corrected chi connectivity index (χ3v) is 1.54. The fourth-order valence-corrected chi connectivity index (χ4v) is 0.767. The molecule has 1 aromatic rings. The standard InChI is InChI=1S/C9H8N2/c1-2-8(1)3-4-9-7-10-5-6-11-9/h5-8H,1-2H2. The first-order chi connectivity index (χ1) is 5.45. The van der Waals surface area contributed by atoms with E-state index in [1.807, 2.05) is 0 Å². The first-order valence-electron chi connectivity index (χ1n) is 3.73. The molecule has 1 aliphatic carbocycles. The first kappa shape index (κ1) is 6.36. The van der Waals surface area contributed by atoms with Crippen molar-refractivity contribution in [1.82, 2.24) is 9.97 Å². The van der Waals surface area contributed by atoms with Crippen LogP contribution in [-0.4, -0.2) is 9.97 Å². The van der Waals surface area contributed by atoms with Gasteiger partial charge in [-0.1, -0.05) is 5.92 Å². The number of nitrogens with zero attached hydrogens (tertiary/aromatic N) is 2. The van der Waals surface area contributed by atoms with Crippen molar-refractivity contribution in [2.24, 2.45) is 5.92 Å². The van der Waals surface area contributed by atoms with Crippen molar-refractivity contribution >= 4 is 0 Å². The van der Waals surface area contributed by atoms with Gasteiger partial charge in [-0.3, -0.25) is 4.98 Å². The van der Waals surface area contributed by atoms with Gasteiger partial charge in [-0.15, -0.1) is 0 Å². The normalized spacial score (nSPS) is 15.3. The molecule has 1 aliphatic rings. The summed E-state index contributed by atoms with van der Waals surface area (Å²) in [7, 11) is 0. The molecule has 1 heterocycles. The number of rotatable bonds is 0. The Morgan fingerprint density at radius 3 is 2.91 bits per heavy atom. The second-order valence-electron chi connectivity index (χ2n) is 2.63. The lowest BCUT2D eigenvalue weighted by Gasteiger charge is -1.83. The molecule has 0 atom stereocenters. The molecule has 2 rings (SSSR count). The predicted octanol–water partition coefficient (Wildman–Crippen LogP) is 1.24. The van der Waals surface area contributed by atoms with E-state index in [2.05, 4.69) is 21.8 Å². The zero-order chi connectivity index (χ0) is 7.52. The third kappa shape index (κ3) is 1.78. The van der Waals surface area contributed by atoms with Crippen LogP contribution in [-0.2, 0) is 0 Å². The van der Waals surface area contributed by atoms with E-state index in [1.165, 1.54) is 12.8 Å². The Bertz CT molecular complexity index is 290. The van der Waals surface area contributed by atoms with Gasteiger partial charge in [0.05, 0.1) is 6.20 Å². The molecule has 2 nitrogen and oxygen atoms in total. The molecule has 0 spiro atoms. The molecule has 54 valence electrons. The van der Waals surface area contributed by atoms with Crippen LogP contribution in [0, 0.1) is 17.8 Å². The molecule has 0 aromatic carbocycles. The summed E-state index contributed by atoms with van der Waals surface area (Å²) >= 11 is 0. The minimum Gasteiger partial charge on any atom is -0.260 e. The molecule has 0 aliphatic heterocycles. The molecular formula is C9H8N2. The van der Waals surface area contributed by atoms with Crippen LogP contribution < -0.4 is 0 Å². The van der Waals surface area contributed by atoms with E-state index in [0.717, 1.165) is 5.69 Å². The van der Waals surface area contributed by atoms with Crippen LogP contribution in [0.1, 0.15) is 18.5 Å². The highest BCUT2D eigenvalue weighted by atomic mass is 14.7. The lowest BCUT2D eigenvalue weighted by molar-refractivity contribution is 1.15. The van der Waals surface area contributed by atoms with Crippen molar-refractivity contribution in [1.29, 1.82) is 0 Å². The predicted molar refractivity (Wildman–Crippen MR) is 41.6 cm³/mol. The van der Waals surface area contributed by atoms with Gasteiger partial charge >= 0.3 is 0 Å². The molecule has 0 amide bonds. The zero-order valence-corrected chi connectivity index (χ0v) is 6.12. The van der Waals surface area contributed by atoms with E-state index < -0.39 is 0 Å². The summed E-state index contributed by atoms with van der Waals surface area (Å²) in [5, 5.41) is 0. The van der Waals surface area contributed by atoms with Gasteiger partial charge in [0.15, 0.2) is 0 Å². The van der Waals surface area contributed by atoms with Crippen LogP contribution >= 0.6 is 0 Å². The van der Waals surface area contributed by atoms with Crippen molar-refractivity contribution in [2.45, 2.75) is 12.8 Å². The van der Waals surface area contributed by atoms with Crippen LogP contribution in [0.15, 0.2) is 18.6 Å². The van der Waals surface area contributed by atoms with Crippen molar-refractivity contribution < 1.29 is 0 Å². The van der Waals surface area contributed by atoms with E-state index >= 15 is 0 Å². The van der Waals surface area contributed by atoms with Gasteiger partial charge in [0, 0.05) is 18.3 Å². The summed E-state index contributed by atoms with van der Waals surface area (Å²) in [5.41, 5.74) is 0.777. The maximum atomic E-state index is 4.04. The maximum Gasteiger partial charge on any atom is 0.131 e. The monoisotopic (exact) mass is 144 g/mol. The van der Waals surface area contributed by atoms with Gasteiger partial charge in [0.2, 0.25) is 0 Å². The van der Waals surface area contributed by atoms with Crippen LogP contribution in [0.2, 0.25) is 0 Å². The molecule has 1 aromatic heterocycles. The summed E-state index contributed by atoms with van der Waals surface area (Å²) in [4.78, 5) is 7.96. The van der Waals surface area contributed by atoms with Gasteiger partial charge in [0.25, 0.3) is 0 Å². The Labute approximate surface area is 65.7 Å². The van der Waals surface area contributed by atoms with Crippen molar-refractivity contribution in [3.8, 4) is 11.8 Å². The number of hydrogen-bond donors (Lipinski definition) is 0. The first-order valence-corrected chi connectivity index (χ1v) is 3.73. The summed E-state index contributed by atoms with van der Waals surface area (Å²) in [5.74, 6) is 6.74. The fourth-order valence-electron chi connectivity index (χ4n) is 0.767. The molecule has 0 saturated heterocycles. The Hall–Kier alpha value is -1.36. The quantitative estimate of drug-likeness (QED) is 0.512. The fraction of sp³-hybridized carbons (Fsp3) is 0.333. The molecule has 2 heteroatoms. The maximum absolute atomic E-state index is 4.04. The van der Waals surface area contributed by atoms with E-state index in [4.69, 9.17) is 0 Å². The van der Waals surface area contributed by atoms with Crippen LogP contribution in [0.3, 0.4) is 0 Å². The molecule has 0 N–H and O–H groups in total. The molecule has 0 unspecified atom stereocenters. The van der Waals surface area contributed by atoms with Crippen LogP contribution in [0.25, 0.3) is 0 Å². The van der Waals surface area contributed by atoms with Crippen LogP contribution in [0.4, 0.5) is 0 Å². The highest BCUT2D eigenvalue weighted by molar-refractivity contribution is 5.26. The highest BCUT2D eigenvalue weighted by Crippen LogP contribution is 2.27. The Morgan fingerprint density at radius 2 is 2.27 bits per heavy atom.